The van der Waals surface area contributed by atoms with Crippen molar-refractivity contribution in [1.29, 1.82) is 0 Å². The first-order chi connectivity index (χ1) is 31.2. The average Bonchev–Trinajstić information content (AvgIpc) is 3.83. The molecular formula is C58H50B3N3. The molecule has 306 valence electrons. The number of fused-ring (bicyclic) bond motifs is 6. The average molecular weight is 821 g/mol. The van der Waals surface area contributed by atoms with Crippen molar-refractivity contribution >= 4 is 95.5 Å². The lowest BCUT2D eigenvalue weighted by Crippen LogP contribution is -2.43. The third kappa shape index (κ3) is 7.45. The summed E-state index contributed by atoms with van der Waals surface area (Å²) >= 11 is 0. The smallest absolute Gasteiger partial charge is 0.115 e. The topological polar surface area (TPSA) is 13.1 Å². The van der Waals surface area contributed by atoms with Crippen molar-refractivity contribution in [3.63, 3.8) is 0 Å². The van der Waals surface area contributed by atoms with E-state index >= 15 is 0 Å². The number of aromatic nitrogens is 2. The van der Waals surface area contributed by atoms with Gasteiger partial charge in [0.2, 0.25) is 0 Å². The summed E-state index contributed by atoms with van der Waals surface area (Å²) in [5.74, 6) is 0. The largest absolute Gasteiger partial charge is 0.344 e. The molecule has 64 heavy (non-hydrogen) atoms. The molecule has 6 aromatic carbocycles. The number of benzene rings is 6. The molecule has 3 heterocycles. The Labute approximate surface area is 382 Å². The normalized spacial score (nSPS) is 16.8. The van der Waals surface area contributed by atoms with Crippen molar-refractivity contribution in [3.05, 3.63) is 209 Å². The highest BCUT2D eigenvalue weighted by molar-refractivity contribution is 6.58. The number of nitrogens with zero attached hydrogens (tertiary/aromatic N) is 3. The van der Waals surface area contributed by atoms with Crippen LogP contribution in [0.15, 0.2) is 176 Å². The van der Waals surface area contributed by atoms with Crippen molar-refractivity contribution in [1.82, 2.24) is 9.13 Å². The van der Waals surface area contributed by atoms with E-state index in [1.54, 1.807) is 0 Å². The van der Waals surface area contributed by atoms with Gasteiger partial charge < -0.3 is 14.0 Å². The highest BCUT2D eigenvalue weighted by Crippen LogP contribution is 2.42. The van der Waals surface area contributed by atoms with Crippen LogP contribution in [-0.4, -0.2) is 39.2 Å². The molecule has 3 nitrogen and oxygen atoms in total. The molecule has 0 unspecified atom stereocenters. The lowest BCUT2D eigenvalue weighted by molar-refractivity contribution is 0.896. The lowest BCUT2D eigenvalue weighted by atomic mass is 9.68. The molecule has 0 amide bonds. The molecule has 0 saturated heterocycles. The van der Waals surface area contributed by atoms with E-state index in [1.807, 2.05) is 20.8 Å². The van der Waals surface area contributed by atoms with Gasteiger partial charge in [0.25, 0.3) is 0 Å². The molecule has 0 bridgehead atoms. The van der Waals surface area contributed by atoms with Crippen LogP contribution < -0.4 is 21.3 Å². The van der Waals surface area contributed by atoms with Crippen LogP contribution in [0.2, 0.25) is 0 Å². The van der Waals surface area contributed by atoms with Gasteiger partial charge in [-0.25, -0.2) is 0 Å². The quantitative estimate of drug-likeness (QED) is 0.158. The molecule has 0 saturated carbocycles. The predicted octanol–water partition coefficient (Wildman–Crippen LogP) is 11.7. The second-order valence-corrected chi connectivity index (χ2v) is 16.6. The second-order valence-electron chi connectivity index (χ2n) is 16.6. The zero-order chi connectivity index (χ0) is 44.6. The second kappa shape index (κ2) is 17.7. The van der Waals surface area contributed by atoms with Crippen molar-refractivity contribution in [2.45, 2.75) is 47.5 Å². The Morgan fingerprint density at radius 2 is 1.20 bits per heavy atom. The van der Waals surface area contributed by atoms with Gasteiger partial charge in [-0.3, -0.25) is 0 Å². The molecular weight excluding hydrogens is 771 g/mol. The maximum Gasteiger partial charge on any atom is 0.115 e. The molecule has 10 rings (SSSR count). The highest BCUT2D eigenvalue weighted by Gasteiger charge is 2.26. The van der Waals surface area contributed by atoms with Gasteiger partial charge >= 0.3 is 0 Å². The molecule has 0 N–H and O–H groups in total. The summed E-state index contributed by atoms with van der Waals surface area (Å²) < 4.78 is 4.73. The first-order valence-corrected chi connectivity index (χ1v) is 22.3. The Hall–Kier alpha value is -6.91. The minimum absolute atomic E-state index is 0.430. The van der Waals surface area contributed by atoms with E-state index in [9.17, 15) is 0 Å². The summed E-state index contributed by atoms with van der Waals surface area (Å²) in [5, 5.41) is 3.64. The number of rotatable bonds is 5. The van der Waals surface area contributed by atoms with E-state index in [-0.39, 0.29) is 0 Å². The third-order valence-electron chi connectivity index (χ3n) is 13.0. The van der Waals surface area contributed by atoms with E-state index in [4.69, 9.17) is 23.5 Å². The molecule has 2 aromatic heterocycles. The van der Waals surface area contributed by atoms with Crippen LogP contribution in [0.5, 0.6) is 0 Å². The monoisotopic (exact) mass is 821 g/mol. The van der Waals surface area contributed by atoms with Gasteiger partial charge in [0.05, 0.1) is 16.6 Å². The van der Waals surface area contributed by atoms with Crippen LogP contribution in [0.4, 0.5) is 5.69 Å². The van der Waals surface area contributed by atoms with Crippen LogP contribution in [0.3, 0.4) is 0 Å². The predicted molar refractivity (Wildman–Crippen MR) is 280 cm³/mol. The van der Waals surface area contributed by atoms with Crippen molar-refractivity contribution in [2.24, 2.45) is 0 Å². The Bertz CT molecular complexity index is 3250. The SMILES string of the molecule is CC.[B]c1c([B])c(C)c(C)c(-n2c3c(c4cc(C5=C/CN(c6ccccc6)/C=C\C=C/C(=C)\C(C)=C\5)ccc42)C=C(c2ccc4c(c2)c2ccccc2n4-c2ccccc2)CC3)c1[B]. The zero-order valence-electron chi connectivity index (χ0n) is 37.5. The Morgan fingerprint density at radius 1 is 0.562 bits per heavy atom. The van der Waals surface area contributed by atoms with Crippen molar-refractivity contribution in [2.75, 3.05) is 11.4 Å². The minimum atomic E-state index is 0.430. The third-order valence-corrected chi connectivity index (χ3v) is 13.0. The summed E-state index contributed by atoms with van der Waals surface area (Å²) in [6.45, 7) is 15.4. The summed E-state index contributed by atoms with van der Waals surface area (Å²) in [4.78, 5) is 2.26. The molecule has 0 spiro atoms. The molecule has 1 aliphatic carbocycles. The van der Waals surface area contributed by atoms with Gasteiger partial charge in [0.15, 0.2) is 0 Å². The number of anilines is 1. The van der Waals surface area contributed by atoms with Crippen molar-refractivity contribution in [3.8, 4) is 11.4 Å². The molecule has 2 aliphatic rings. The number of allylic oxidation sites excluding steroid dienone is 8. The summed E-state index contributed by atoms with van der Waals surface area (Å²) in [7, 11) is 20.1. The van der Waals surface area contributed by atoms with Gasteiger partial charge in [-0.05, 0) is 139 Å². The van der Waals surface area contributed by atoms with E-state index in [0.717, 1.165) is 74.2 Å². The van der Waals surface area contributed by atoms with Crippen molar-refractivity contribution < 1.29 is 0 Å². The number of para-hydroxylation sites is 3. The fourth-order valence-electron chi connectivity index (χ4n) is 9.42. The van der Waals surface area contributed by atoms with E-state index < -0.39 is 0 Å². The first kappa shape index (κ1) is 42.4. The molecule has 0 atom stereocenters. The van der Waals surface area contributed by atoms with Crippen LogP contribution in [0.25, 0.3) is 61.3 Å². The minimum Gasteiger partial charge on any atom is -0.344 e. The fraction of sp³-hybridized carbons (Fsp3) is 0.138. The molecule has 1 aliphatic heterocycles. The van der Waals surface area contributed by atoms with Gasteiger partial charge in [-0.1, -0.05) is 122 Å². The van der Waals surface area contributed by atoms with E-state index in [2.05, 4.69) is 198 Å². The first-order valence-electron chi connectivity index (χ1n) is 22.3. The Kier molecular flexibility index (Phi) is 11.7. The Morgan fingerprint density at radius 3 is 1.95 bits per heavy atom. The molecule has 0 fully saturated rings. The fourth-order valence-corrected chi connectivity index (χ4v) is 9.42. The van der Waals surface area contributed by atoms with Crippen LogP contribution in [0, 0.1) is 13.8 Å². The zero-order valence-corrected chi connectivity index (χ0v) is 37.5. The highest BCUT2D eigenvalue weighted by atomic mass is 15.1. The van der Waals surface area contributed by atoms with Gasteiger partial charge in [-0.2, -0.15) is 0 Å². The van der Waals surface area contributed by atoms with Gasteiger partial charge in [-0.15, -0.1) is 10.9 Å². The molecule has 8 aromatic rings. The standard InChI is InChI=1S/C56H44B3N3.C2H6/c1-35-15-13-14-29-60(43-16-7-5-8-17-43)30-28-42(31-36(35)2)41-24-27-52-48(34-41)47-33-40(23-26-51(47)62(52)56-38(4)37(3)53(57)54(58)55(56)59)39-22-25-50-46(32-39)45-20-11-12-21-49(45)61(50)44-18-9-6-10-19-44;1-2/h5-22,24-25,27-29,31-34H,1,23,26,30H2,2-4H3;1-2H3/b15-13-,29-14-,36-31+,42-28+;. The summed E-state index contributed by atoms with van der Waals surface area (Å²) in [5.41, 5.74) is 19.4. The Balaban J connectivity index is 0.00000256. The maximum absolute atomic E-state index is 6.95. The summed E-state index contributed by atoms with van der Waals surface area (Å²) in [6, 6.07) is 43.7. The number of hydrogen-bond acceptors (Lipinski definition) is 1. The van der Waals surface area contributed by atoms with Crippen LogP contribution in [0.1, 0.15) is 60.7 Å². The maximum atomic E-state index is 6.95. The summed E-state index contributed by atoms with van der Waals surface area (Å²) in [6.07, 6.45) is 17.0. The van der Waals surface area contributed by atoms with Gasteiger partial charge in [0.1, 0.15) is 23.5 Å². The van der Waals surface area contributed by atoms with Gasteiger partial charge in [0, 0.05) is 57.2 Å². The molecule has 6 heteroatoms. The molecule has 6 radical (unpaired) electrons. The van der Waals surface area contributed by atoms with Crippen LogP contribution >= 0.6 is 0 Å². The van der Waals surface area contributed by atoms with Crippen LogP contribution in [-0.2, 0) is 6.42 Å². The number of hydrogen-bond donors (Lipinski definition) is 0. The lowest BCUT2D eigenvalue weighted by Gasteiger charge is -2.24. The van der Waals surface area contributed by atoms with E-state index in [0.29, 0.717) is 22.9 Å². The van der Waals surface area contributed by atoms with E-state index in [1.165, 1.54) is 44.2 Å².